The fourth-order valence-corrected chi connectivity index (χ4v) is 2.30. The van der Waals surface area contributed by atoms with Gasteiger partial charge >= 0.3 is 6.18 Å². The Hall–Kier alpha value is -1.59. The normalized spacial score (nSPS) is 13.2. The summed E-state index contributed by atoms with van der Waals surface area (Å²) >= 11 is 5.82. The average molecular weight is 319 g/mol. The van der Waals surface area contributed by atoms with Gasteiger partial charge in [-0.15, -0.1) is 0 Å². The van der Waals surface area contributed by atoms with Crippen LogP contribution in [0.1, 0.15) is 22.8 Å². The van der Waals surface area contributed by atoms with Gasteiger partial charge in [0.05, 0.1) is 11.7 Å². The molecular weight excluding hydrogens is 308 g/mol. The largest absolute Gasteiger partial charge is 0.416 e. The number of alkyl halides is 3. The lowest BCUT2D eigenvalue weighted by molar-refractivity contribution is -0.139. The van der Waals surface area contributed by atoms with Crippen molar-refractivity contribution in [3.05, 3.63) is 70.0 Å². The Morgan fingerprint density at radius 1 is 1.10 bits per heavy atom. The van der Waals surface area contributed by atoms with Crippen LogP contribution in [0.25, 0.3) is 0 Å². The molecule has 0 aromatic heterocycles. The zero-order valence-electron chi connectivity index (χ0n) is 10.7. The van der Waals surface area contributed by atoms with Crippen molar-refractivity contribution in [2.24, 2.45) is 0 Å². The van der Waals surface area contributed by atoms with Crippen LogP contribution < -0.4 is 0 Å². The number of aliphatic hydroxyl groups is 1. The molecule has 21 heavy (non-hydrogen) atoms. The SMILES string of the molecule is OC(Cc1ccc(F)cc1Cl)c1ccccc1C(F)(F)F. The van der Waals surface area contributed by atoms with E-state index in [-0.39, 0.29) is 17.0 Å². The van der Waals surface area contributed by atoms with Gasteiger partial charge in [0, 0.05) is 11.4 Å². The number of aliphatic hydroxyl groups excluding tert-OH is 1. The third kappa shape index (κ3) is 3.74. The second-order valence-corrected chi connectivity index (χ2v) is 4.95. The van der Waals surface area contributed by atoms with Crippen molar-refractivity contribution < 1.29 is 22.7 Å². The summed E-state index contributed by atoms with van der Waals surface area (Å²) in [6, 6.07) is 8.33. The van der Waals surface area contributed by atoms with Crippen molar-refractivity contribution in [2.45, 2.75) is 18.7 Å². The topological polar surface area (TPSA) is 20.2 Å². The molecule has 0 fully saturated rings. The average Bonchev–Trinajstić information content (AvgIpc) is 2.41. The maximum Gasteiger partial charge on any atom is 0.416 e. The Labute approximate surface area is 123 Å². The van der Waals surface area contributed by atoms with Crippen LogP contribution in [0.2, 0.25) is 5.02 Å². The van der Waals surface area contributed by atoms with Gasteiger partial charge in [-0.05, 0) is 29.3 Å². The van der Waals surface area contributed by atoms with E-state index in [9.17, 15) is 22.7 Å². The first-order chi connectivity index (χ1) is 9.79. The van der Waals surface area contributed by atoms with Crippen LogP contribution in [0, 0.1) is 5.82 Å². The number of benzene rings is 2. The molecule has 2 rings (SSSR count). The summed E-state index contributed by atoms with van der Waals surface area (Å²) in [7, 11) is 0. The number of hydrogen-bond acceptors (Lipinski definition) is 1. The van der Waals surface area contributed by atoms with Gasteiger partial charge in [-0.2, -0.15) is 13.2 Å². The van der Waals surface area contributed by atoms with E-state index in [1.807, 2.05) is 0 Å². The van der Waals surface area contributed by atoms with Crippen LogP contribution in [-0.2, 0) is 12.6 Å². The van der Waals surface area contributed by atoms with Gasteiger partial charge in [-0.1, -0.05) is 35.9 Å². The first kappa shape index (κ1) is 15.8. The monoisotopic (exact) mass is 318 g/mol. The van der Waals surface area contributed by atoms with E-state index >= 15 is 0 Å². The summed E-state index contributed by atoms with van der Waals surface area (Å²) in [5, 5.41) is 10.1. The minimum absolute atomic E-state index is 0.0681. The van der Waals surface area contributed by atoms with Crippen molar-refractivity contribution in [2.75, 3.05) is 0 Å². The molecule has 0 saturated heterocycles. The molecular formula is C15H11ClF4O. The van der Waals surface area contributed by atoms with Gasteiger partial charge in [0.25, 0.3) is 0 Å². The van der Waals surface area contributed by atoms with E-state index in [0.717, 1.165) is 18.2 Å². The zero-order valence-corrected chi connectivity index (χ0v) is 11.4. The molecule has 6 heteroatoms. The number of halogens is 5. The minimum atomic E-state index is -4.55. The lowest BCUT2D eigenvalue weighted by Gasteiger charge is -2.18. The molecule has 1 unspecified atom stereocenters. The summed E-state index contributed by atoms with van der Waals surface area (Å²) in [6.45, 7) is 0. The Kier molecular flexibility index (Phi) is 4.54. The molecule has 112 valence electrons. The lowest BCUT2D eigenvalue weighted by Crippen LogP contribution is -2.13. The summed E-state index contributed by atoms with van der Waals surface area (Å²) in [5.74, 6) is -0.547. The first-order valence-corrected chi connectivity index (χ1v) is 6.45. The van der Waals surface area contributed by atoms with Crippen LogP contribution in [0.5, 0.6) is 0 Å². The Morgan fingerprint density at radius 2 is 1.76 bits per heavy atom. The number of rotatable bonds is 3. The van der Waals surface area contributed by atoms with Crippen molar-refractivity contribution in [1.29, 1.82) is 0 Å². The first-order valence-electron chi connectivity index (χ1n) is 6.07. The molecule has 2 aromatic rings. The van der Waals surface area contributed by atoms with Crippen LogP contribution >= 0.6 is 11.6 Å². The molecule has 0 saturated carbocycles. The van der Waals surface area contributed by atoms with Gasteiger partial charge < -0.3 is 5.11 Å². The second-order valence-electron chi connectivity index (χ2n) is 4.54. The predicted molar refractivity (Wildman–Crippen MR) is 71.5 cm³/mol. The highest BCUT2D eigenvalue weighted by molar-refractivity contribution is 6.31. The van der Waals surface area contributed by atoms with Gasteiger partial charge in [-0.3, -0.25) is 0 Å². The standard InChI is InChI=1S/C15H11ClF4O/c16-13-8-10(17)6-5-9(13)7-14(21)11-3-1-2-4-12(11)15(18,19)20/h1-6,8,14,21H,7H2. The fourth-order valence-electron chi connectivity index (χ4n) is 2.05. The molecule has 1 nitrogen and oxygen atoms in total. The number of hydrogen-bond donors (Lipinski definition) is 1. The molecule has 0 aliphatic heterocycles. The van der Waals surface area contributed by atoms with E-state index in [1.165, 1.54) is 24.3 Å². The molecule has 0 aliphatic rings. The van der Waals surface area contributed by atoms with Crippen LogP contribution in [0.15, 0.2) is 42.5 Å². The van der Waals surface area contributed by atoms with Crippen molar-refractivity contribution in [3.8, 4) is 0 Å². The molecule has 0 aliphatic carbocycles. The molecule has 0 spiro atoms. The predicted octanol–water partition coefficient (Wildman–Crippen LogP) is 4.77. The summed E-state index contributed by atoms with van der Waals surface area (Å²) in [5.41, 5.74) is -0.747. The molecule has 2 aromatic carbocycles. The highest BCUT2D eigenvalue weighted by Gasteiger charge is 2.34. The highest BCUT2D eigenvalue weighted by Crippen LogP contribution is 2.35. The van der Waals surface area contributed by atoms with E-state index < -0.39 is 23.7 Å². The second kappa shape index (κ2) is 6.03. The van der Waals surface area contributed by atoms with Crippen molar-refractivity contribution in [1.82, 2.24) is 0 Å². The summed E-state index contributed by atoms with van der Waals surface area (Å²) < 4.78 is 51.6. The Morgan fingerprint density at radius 3 is 2.38 bits per heavy atom. The van der Waals surface area contributed by atoms with Crippen LogP contribution in [-0.4, -0.2) is 5.11 Å². The molecule has 1 atom stereocenters. The van der Waals surface area contributed by atoms with E-state index in [0.29, 0.717) is 5.56 Å². The van der Waals surface area contributed by atoms with Crippen molar-refractivity contribution >= 4 is 11.6 Å². The van der Waals surface area contributed by atoms with Crippen LogP contribution in [0.4, 0.5) is 17.6 Å². The Balaban J connectivity index is 2.31. The minimum Gasteiger partial charge on any atom is -0.388 e. The van der Waals surface area contributed by atoms with E-state index in [4.69, 9.17) is 11.6 Å². The van der Waals surface area contributed by atoms with E-state index in [2.05, 4.69) is 0 Å². The summed E-state index contributed by atoms with van der Waals surface area (Å²) in [6.07, 6.45) is -6.07. The van der Waals surface area contributed by atoms with Gasteiger partial charge in [0.2, 0.25) is 0 Å². The lowest BCUT2D eigenvalue weighted by atomic mass is 9.96. The molecule has 1 N–H and O–H groups in total. The van der Waals surface area contributed by atoms with E-state index in [1.54, 1.807) is 0 Å². The Bertz CT molecular complexity index is 640. The fraction of sp³-hybridized carbons (Fsp3) is 0.200. The zero-order chi connectivity index (χ0) is 15.6. The summed E-state index contributed by atoms with van der Waals surface area (Å²) in [4.78, 5) is 0. The molecule has 0 radical (unpaired) electrons. The smallest absolute Gasteiger partial charge is 0.388 e. The van der Waals surface area contributed by atoms with Crippen molar-refractivity contribution in [3.63, 3.8) is 0 Å². The highest BCUT2D eigenvalue weighted by atomic mass is 35.5. The maximum absolute atomic E-state index is 12.9. The van der Waals surface area contributed by atoms with Gasteiger partial charge in [0.1, 0.15) is 5.82 Å². The molecule has 0 bridgehead atoms. The third-order valence-electron chi connectivity index (χ3n) is 3.05. The molecule has 0 heterocycles. The van der Waals surface area contributed by atoms with Crippen LogP contribution in [0.3, 0.4) is 0 Å². The molecule has 0 amide bonds. The maximum atomic E-state index is 12.9. The van der Waals surface area contributed by atoms with Gasteiger partial charge in [0.15, 0.2) is 0 Å². The third-order valence-corrected chi connectivity index (χ3v) is 3.41. The van der Waals surface area contributed by atoms with Gasteiger partial charge in [-0.25, -0.2) is 4.39 Å². The quantitative estimate of drug-likeness (QED) is 0.808.